The van der Waals surface area contributed by atoms with Gasteiger partial charge in [0.2, 0.25) is 5.91 Å². The molecule has 2 aromatic rings. The Morgan fingerprint density at radius 2 is 1.79 bits per heavy atom. The second kappa shape index (κ2) is 8.27. The number of benzene rings is 1. The summed E-state index contributed by atoms with van der Waals surface area (Å²) >= 11 is 0. The molecule has 0 bridgehead atoms. The topological polar surface area (TPSA) is 58.4 Å². The third kappa shape index (κ3) is 4.33. The fraction of sp³-hybridized carbons (Fsp3) is 0.500. The number of nitrogens with zero attached hydrogens (tertiary/aromatic N) is 4. The zero-order valence-corrected chi connectivity index (χ0v) is 16.5. The molecule has 1 saturated heterocycles. The molecule has 1 aromatic carbocycles. The Hall–Kier alpha value is -2.47. The smallest absolute Gasteiger partial charge is 0.267 e. The monoisotopic (exact) mass is 380 g/mol. The van der Waals surface area contributed by atoms with Crippen molar-refractivity contribution in [1.29, 1.82) is 0 Å². The minimum absolute atomic E-state index is 0.00902. The van der Waals surface area contributed by atoms with E-state index in [1.807, 2.05) is 11.0 Å². The van der Waals surface area contributed by atoms with Gasteiger partial charge in [0.25, 0.3) is 5.56 Å². The SMILES string of the molecule is CC(C(=O)N1CCN(CCc2ccccc2)CC1)n1nc(C2CC2)ccc1=O. The van der Waals surface area contributed by atoms with Gasteiger partial charge in [0.05, 0.1) is 5.69 Å². The summed E-state index contributed by atoms with van der Waals surface area (Å²) in [6.45, 7) is 5.94. The highest BCUT2D eigenvalue weighted by molar-refractivity contribution is 5.80. The van der Waals surface area contributed by atoms with Crippen molar-refractivity contribution in [3.8, 4) is 0 Å². The molecule has 2 heterocycles. The Kier molecular flexibility index (Phi) is 5.57. The Balaban J connectivity index is 1.32. The first-order valence-electron chi connectivity index (χ1n) is 10.3. The number of aromatic nitrogens is 2. The molecule has 1 aliphatic heterocycles. The third-order valence-corrected chi connectivity index (χ3v) is 5.81. The molecule has 4 rings (SSSR count). The molecule has 1 aromatic heterocycles. The predicted molar refractivity (Wildman–Crippen MR) is 108 cm³/mol. The van der Waals surface area contributed by atoms with Gasteiger partial charge >= 0.3 is 0 Å². The molecule has 6 nitrogen and oxygen atoms in total. The largest absolute Gasteiger partial charge is 0.338 e. The first-order valence-corrected chi connectivity index (χ1v) is 10.3. The van der Waals surface area contributed by atoms with E-state index in [0.717, 1.165) is 44.6 Å². The van der Waals surface area contributed by atoms with E-state index in [0.29, 0.717) is 19.0 Å². The molecule has 28 heavy (non-hydrogen) atoms. The molecule has 2 fully saturated rings. The minimum Gasteiger partial charge on any atom is -0.338 e. The van der Waals surface area contributed by atoms with E-state index < -0.39 is 6.04 Å². The van der Waals surface area contributed by atoms with Crippen LogP contribution in [-0.4, -0.2) is 58.2 Å². The average Bonchev–Trinajstić information content (AvgIpc) is 3.58. The molecular formula is C22H28N4O2. The fourth-order valence-corrected chi connectivity index (χ4v) is 3.81. The second-order valence-corrected chi connectivity index (χ2v) is 7.89. The Bertz CT molecular complexity index is 868. The molecule has 148 valence electrons. The highest BCUT2D eigenvalue weighted by Gasteiger charge is 2.29. The van der Waals surface area contributed by atoms with Crippen molar-refractivity contribution in [2.75, 3.05) is 32.7 Å². The van der Waals surface area contributed by atoms with Crippen molar-refractivity contribution in [3.05, 3.63) is 64.1 Å². The number of amides is 1. The van der Waals surface area contributed by atoms with Gasteiger partial charge in [-0.3, -0.25) is 14.5 Å². The summed E-state index contributed by atoms with van der Waals surface area (Å²) in [6.07, 6.45) is 3.27. The van der Waals surface area contributed by atoms with Gasteiger partial charge in [0.1, 0.15) is 6.04 Å². The highest BCUT2D eigenvalue weighted by atomic mass is 16.2. The molecule has 6 heteroatoms. The molecule has 2 aliphatic rings. The van der Waals surface area contributed by atoms with Gasteiger partial charge in [0, 0.05) is 44.7 Å². The Labute approximate surface area is 165 Å². The molecule has 0 radical (unpaired) electrons. The van der Waals surface area contributed by atoms with E-state index in [1.54, 1.807) is 19.1 Å². The number of rotatable bonds is 6. The maximum absolute atomic E-state index is 12.9. The maximum Gasteiger partial charge on any atom is 0.267 e. The minimum atomic E-state index is -0.554. The zero-order chi connectivity index (χ0) is 19.5. The molecule has 1 amide bonds. The van der Waals surface area contributed by atoms with Crippen LogP contribution in [0.4, 0.5) is 0 Å². The summed E-state index contributed by atoms with van der Waals surface area (Å²) in [5.74, 6) is 0.451. The quantitative estimate of drug-likeness (QED) is 0.770. The first kappa shape index (κ1) is 18.9. The van der Waals surface area contributed by atoms with Crippen LogP contribution in [0.25, 0.3) is 0 Å². The lowest BCUT2D eigenvalue weighted by Crippen LogP contribution is -2.51. The molecular weight excluding hydrogens is 352 g/mol. The van der Waals surface area contributed by atoms with Gasteiger partial charge in [-0.15, -0.1) is 0 Å². The molecule has 1 aliphatic carbocycles. The van der Waals surface area contributed by atoms with Crippen LogP contribution < -0.4 is 5.56 Å². The lowest BCUT2D eigenvalue weighted by molar-refractivity contribution is -0.136. The van der Waals surface area contributed by atoms with Crippen LogP contribution in [0.1, 0.15) is 43.0 Å². The fourth-order valence-electron chi connectivity index (χ4n) is 3.81. The molecule has 1 saturated carbocycles. The van der Waals surface area contributed by atoms with Crippen LogP contribution in [0, 0.1) is 0 Å². The van der Waals surface area contributed by atoms with Crippen LogP contribution in [-0.2, 0) is 11.2 Å². The van der Waals surface area contributed by atoms with Crippen molar-refractivity contribution in [2.45, 2.75) is 38.1 Å². The van der Waals surface area contributed by atoms with Crippen LogP contribution >= 0.6 is 0 Å². The average molecular weight is 380 g/mol. The number of hydrogen-bond acceptors (Lipinski definition) is 4. The van der Waals surface area contributed by atoms with Gasteiger partial charge in [0.15, 0.2) is 0 Å². The van der Waals surface area contributed by atoms with Crippen LogP contribution in [0.15, 0.2) is 47.3 Å². The number of carbonyl (C=O) groups is 1. The van der Waals surface area contributed by atoms with E-state index in [-0.39, 0.29) is 11.5 Å². The summed E-state index contributed by atoms with van der Waals surface area (Å²) < 4.78 is 1.37. The third-order valence-electron chi connectivity index (χ3n) is 5.81. The van der Waals surface area contributed by atoms with E-state index in [9.17, 15) is 9.59 Å². The Morgan fingerprint density at radius 1 is 1.07 bits per heavy atom. The van der Waals surface area contributed by atoms with Crippen molar-refractivity contribution >= 4 is 5.91 Å². The highest BCUT2D eigenvalue weighted by Crippen LogP contribution is 2.38. The van der Waals surface area contributed by atoms with Gasteiger partial charge in [-0.2, -0.15) is 5.10 Å². The van der Waals surface area contributed by atoms with Crippen molar-refractivity contribution in [3.63, 3.8) is 0 Å². The number of piperazine rings is 1. The summed E-state index contributed by atoms with van der Waals surface area (Å²) in [5, 5.41) is 4.47. The standard InChI is InChI=1S/C22H28N4O2/c1-17(26-21(27)10-9-20(23-26)19-7-8-19)22(28)25-15-13-24(14-16-25)12-11-18-5-3-2-4-6-18/h2-6,9-10,17,19H,7-8,11-16H2,1H3. The van der Waals surface area contributed by atoms with Crippen LogP contribution in [0.5, 0.6) is 0 Å². The van der Waals surface area contributed by atoms with E-state index in [4.69, 9.17) is 0 Å². The van der Waals surface area contributed by atoms with E-state index in [1.165, 1.54) is 10.2 Å². The summed E-state index contributed by atoms with van der Waals surface area (Å²) in [6, 6.07) is 13.3. The molecule has 0 spiro atoms. The van der Waals surface area contributed by atoms with Gasteiger partial charge < -0.3 is 4.90 Å². The van der Waals surface area contributed by atoms with Crippen LogP contribution in [0.3, 0.4) is 0 Å². The lowest BCUT2D eigenvalue weighted by atomic mass is 10.1. The predicted octanol–water partition coefficient (Wildman–Crippen LogP) is 2.07. The van der Waals surface area contributed by atoms with E-state index in [2.05, 4.69) is 34.3 Å². The van der Waals surface area contributed by atoms with Gasteiger partial charge in [-0.05, 0) is 37.8 Å². The molecule has 0 N–H and O–H groups in total. The van der Waals surface area contributed by atoms with Crippen molar-refractivity contribution in [2.24, 2.45) is 0 Å². The number of hydrogen-bond donors (Lipinski definition) is 0. The second-order valence-electron chi connectivity index (χ2n) is 7.89. The van der Waals surface area contributed by atoms with Gasteiger partial charge in [-0.25, -0.2) is 4.68 Å². The van der Waals surface area contributed by atoms with Crippen molar-refractivity contribution in [1.82, 2.24) is 19.6 Å². The van der Waals surface area contributed by atoms with Gasteiger partial charge in [-0.1, -0.05) is 30.3 Å². The number of carbonyl (C=O) groups excluding carboxylic acids is 1. The maximum atomic E-state index is 12.9. The summed E-state index contributed by atoms with van der Waals surface area (Å²) in [4.78, 5) is 29.5. The lowest BCUT2D eigenvalue weighted by Gasteiger charge is -2.36. The van der Waals surface area contributed by atoms with Crippen LogP contribution in [0.2, 0.25) is 0 Å². The normalized spacial score (nSPS) is 18.8. The Morgan fingerprint density at radius 3 is 2.46 bits per heavy atom. The molecule has 1 atom stereocenters. The summed E-state index contributed by atoms with van der Waals surface area (Å²) in [7, 11) is 0. The van der Waals surface area contributed by atoms with E-state index >= 15 is 0 Å². The zero-order valence-electron chi connectivity index (χ0n) is 16.5. The summed E-state index contributed by atoms with van der Waals surface area (Å²) in [5.41, 5.74) is 2.08. The molecule has 1 unspecified atom stereocenters. The first-order chi connectivity index (χ1) is 13.6. The van der Waals surface area contributed by atoms with Crippen molar-refractivity contribution < 1.29 is 4.79 Å².